The molecule has 0 spiro atoms. The van der Waals surface area contributed by atoms with Gasteiger partial charge in [-0.1, -0.05) is 0 Å². The molecule has 1 aromatic rings. The van der Waals surface area contributed by atoms with Gasteiger partial charge >= 0.3 is 0 Å². The molecule has 1 rings (SSSR count). The fourth-order valence-electron chi connectivity index (χ4n) is 0.880. The summed E-state index contributed by atoms with van der Waals surface area (Å²) in [6, 6.07) is 1.43. The van der Waals surface area contributed by atoms with Crippen LogP contribution in [-0.2, 0) is 0 Å². The van der Waals surface area contributed by atoms with Crippen molar-refractivity contribution in [3.05, 3.63) is 27.7 Å². The van der Waals surface area contributed by atoms with Crippen LogP contribution in [0, 0.1) is 18.6 Å². The van der Waals surface area contributed by atoms with Gasteiger partial charge in [-0.3, -0.25) is 0 Å². The monoisotopic (exact) mass is 252 g/mol. The van der Waals surface area contributed by atoms with Gasteiger partial charge in [0, 0.05) is 0 Å². The SMILES string of the molecule is CSc1c(F)c(C)cc(Br)c1F. The second-order valence-electron chi connectivity index (χ2n) is 2.34. The Morgan fingerprint density at radius 3 is 2.42 bits per heavy atom. The van der Waals surface area contributed by atoms with Crippen LogP contribution in [0.5, 0.6) is 0 Å². The maximum absolute atomic E-state index is 13.2. The van der Waals surface area contributed by atoms with Crippen molar-refractivity contribution < 1.29 is 8.78 Å². The third-order valence-corrected chi connectivity index (χ3v) is 2.85. The van der Waals surface area contributed by atoms with Gasteiger partial charge in [0.2, 0.25) is 0 Å². The van der Waals surface area contributed by atoms with E-state index in [0.717, 1.165) is 11.8 Å². The summed E-state index contributed by atoms with van der Waals surface area (Å²) < 4.78 is 26.6. The summed E-state index contributed by atoms with van der Waals surface area (Å²) in [5, 5.41) is 0. The van der Waals surface area contributed by atoms with Crippen LogP contribution in [0.1, 0.15) is 5.56 Å². The number of rotatable bonds is 1. The van der Waals surface area contributed by atoms with Crippen molar-refractivity contribution in [3.63, 3.8) is 0 Å². The lowest BCUT2D eigenvalue weighted by molar-refractivity contribution is 0.531. The number of hydrogen-bond acceptors (Lipinski definition) is 1. The van der Waals surface area contributed by atoms with E-state index in [1.807, 2.05) is 0 Å². The van der Waals surface area contributed by atoms with Crippen molar-refractivity contribution in [3.8, 4) is 0 Å². The maximum Gasteiger partial charge on any atom is 0.153 e. The highest BCUT2D eigenvalue weighted by atomic mass is 79.9. The predicted molar refractivity (Wildman–Crippen MR) is 50.6 cm³/mol. The van der Waals surface area contributed by atoms with E-state index in [-0.39, 0.29) is 4.90 Å². The number of aryl methyl sites for hydroxylation is 1. The molecule has 0 fully saturated rings. The molecule has 0 amide bonds. The predicted octanol–water partition coefficient (Wildman–Crippen LogP) is 3.76. The highest BCUT2D eigenvalue weighted by Crippen LogP contribution is 2.30. The van der Waals surface area contributed by atoms with E-state index in [1.165, 1.54) is 6.07 Å². The highest BCUT2D eigenvalue weighted by molar-refractivity contribution is 9.10. The van der Waals surface area contributed by atoms with Crippen molar-refractivity contribution in [2.24, 2.45) is 0 Å². The van der Waals surface area contributed by atoms with E-state index in [1.54, 1.807) is 13.2 Å². The second kappa shape index (κ2) is 3.75. The van der Waals surface area contributed by atoms with Crippen LogP contribution in [0.4, 0.5) is 8.78 Å². The van der Waals surface area contributed by atoms with Crippen LogP contribution >= 0.6 is 27.7 Å². The van der Waals surface area contributed by atoms with E-state index in [9.17, 15) is 8.78 Å². The van der Waals surface area contributed by atoms with Crippen LogP contribution in [0.3, 0.4) is 0 Å². The van der Waals surface area contributed by atoms with E-state index >= 15 is 0 Å². The lowest BCUT2D eigenvalue weighted by Crippen LogP contribution is -1.92. The maximum atomic E-state index is 13.2. The second-order valence-corrected chi connectivity index (χ2v) is 4.01. The highest BCUT2D eigenvalue weighted by Gasteiger charge is 2.13. The molecule has 0 aliphatic heterocycles. The minimum Gasteiger partial charge on any atom is -0.205 e. The number of thioether (sulfide) groups is 1. The molecule has 0 unspecified atom stereocenters. The quantitative estimate of drug-likeness (QED) is 0.542. The minimum absolute atomic E-state index is 0.0712. The summed E-state index contributed by atoms with van der Waals surface area (Å²) in [4.78, 5) is 0.0712. The molecular weight excluding hydrogens is 246 g/mol. The average Bonchev–Trinajstić information content (AvgIpc) is 2.02. The molecule has 1 aromatic carbocycles. The van der Waals surface area contributed by atoms with Gasteiger partial charge in [-0.2, -0.15) is 0 Å². The van der Waals surface area contributed by atoms with Gasteiger partial charge in [-0.15, -0.1) is 11.8 Å². The Morgan fingerprint density at radius 2 is 1.92 bits per heavy atom. The van der Waals surface area contributed by atoms with Gasteiger partial charge in [0.15, 0.2) is 5.82 Å². The van der Waals surface area contributed by atoms with E-state index in [0.29, 0.717) is 10.0 Å². The van der Waals surface area contributed by atoms with Gasteiger partial charge < -0.3 is 0 Å². The molecule has 0 saturated carbocycles. The van der Waals surface area contributed by atoms with Gasteiger partial charge in [0.1, 0.15) is 5.82 Å². The summed E-state index contributed by atoms with van der Waals surface area (Å²) in [6.45, 7) is 1.61. The van der Waals surface area contributed by atoms with E-state index in [2.05, 4.69) is 15.9 Å². The van der Waals surface area contributed by atoms with Crippen molar-refractivity contribution >= 4 is 27.7 Å². The zero-order valence-electron chi connectivity index (χ0n) is 6.62. The van der Waals surface area contributed by atoms with Crippen LogP contribution in [-0.4, -0.2) is 6.26 Å². The summed E-state index contributed by atoms with van der Waals surface area (Å²) in [5.41, 5.74) is 0.452. The molecule has 12 heavy (non-hydrogen) atoms. The Labute approximate surface area is 82.5 Å². The number of halogens is 3. The number of benzene rings is 1. The minimum atomic E-state index is -0.523. The fraction of sp³-hybridized carbons (Fsp3) is 0.250. The molecule has 0 nitrogen and oxygen atoms in total. The van der Waals surface area contributed by atoms with Crippen molar-refractivity contribution in [1.29, 1.82) is 0 Å². The molecule has 0 aromatic heterocycles. The summed E-state index contributed by atoms with van der Waals surface area (Å²) in [6.07, 6.45) is 1.65. The Kier molecular flexibility index (Phi) is 3.12. The molecule has 0 bridgehead atoms. The first-order valence-corrected chi connectivity index (χ1v) is 5.27. The molecule has 66 valence electrons. The van der Waals surface area contributed by atoms with Crippen molar-refractivity contribution in [2.75, 3.05) is 6.26 Å². The van der Waals surface area contributed by atoms with Gasteiger partial charge in [-0.05, 0) is 40.7 Å². The van der Waals surface area contributed by atoms with Crippen LogP contribution in [0.15, 0.2) is 15.4 Å². The topological polar surface area (TPSA) is 0 Å². The summed E-state index contributed by atoms with van der Waals surface area (Å²) >= 11 is 4.09. The number of hydrogen-bond donors (Lipinski definition) is 0. The molecule has 0 aliphatic rings. The van der Waals surface area contributed by atoms with E-state index in [4.69, 9.17) is 0 Å². The molecule has 4 heteroatoms. The first kappa shape index (κ1) is 9.99. The zero-order valence-corrected chi connectivity index (χ0v) is 9.02. The Balaban J connectivity index is 3.42. The Morgan fingerprint density at radius 1 is 1.33 bits per heavy atom. The van der Waals surface area contributed by atoms with Crippen molar-refractivity contribution in [2.45, 2.75) is 11.8 Å². The molecule has 0 heterocycles. The Bertz CT molecular complexity index is 286. The first-order chi connectivity index (χ1) is 5.57. The molecule has 0 N–H and O–H groups in total. The van der Waals surface area contributed by atoms with Gasteiger partial charge in [-0.25, -0.2) is 8.78 Å². The lowest BCUT2D eigenvalue weighted by Gasteiger charge is -2.05. The summed E-state index contributed by atoms with van der Waals surface area (Å²) in [5.74, 6) is -0.992. The van der Waals surface area contributed by atoms with Crippen LogP contribution in [0.25, 0.3) is 0 Å². The normalized spacial score (nSPS) is 10.4. The van der Waals surface area contributed by atoms with Gasteiger partial charge in [0.25, 0.3) is 0 Å². The first-order valence-electron chi connectivity index (χ1n) is 3.26. The average molecular weight is 253 g/mol. The zero-order chi connectivity index (χ0) is 9.30. The van der Waals surface area contributed by atoms with Crippen molar-refractivity contribution in [1.82, 2.24) is 0 Å². The molecule has 0 atom stereocenters. The lowest BCUT2D eigenvalue weighted by atomic mass is 10.2. The molecule has 0 aliphatic carbocycles. The van der Waals surface area contributed by atoms with Crippen LogP contribution < -0.4 is 0 Å². The third-order valence-electron chi connectivity index (χ3n) is 1.50. The smallest absolute Gasteiger partial charge is 0.153 e. The Hall–Kier alpha value is -0.0900. The molecule has 0 radical (unpaired) electrons. The van der Waals surface area contributed by atoms with Crippen LogP contribution in [0.2, 0.25) is 0 Å². The fourth-order valence-corrected chi connectivity index (χ4v) is 2.18. The molecule has 0 saturated heterocycles. The largest absolute Gasteiger partial charge is 0.205 e. The molecular formula is C8H7BrF2S. The summed E-state index contributed by atoms with van der Waals surface area (Å²) in [7, 11) is 0. The van der Waals surface area contributed by atoms with Gasteiger partial charge in [0.05, 0.1) is 9.37 Å². The van der Waals surface area contributed by atoms with E-state index < -0.39 is 11.6 Å². The third kappa shape index (κ3) is 1.64. The standard InChI is InChI=1S/C8H7BrF2S/c1-4-3-5(9)7(11)8(12-2)6(4)10/h3H,1-2H3.